The number of carbonyl (C=O) groups is 1. The van der Waals surface area contributed by atoms with Crippen LogP contribution in [0.2, 0.25) is 0 Å². The predicted molar refractivity (Wildman–Crippen MR) is 103 cm³/mol. The lowest BCUT2D eigenvalue weighted by molar-refractivity contribution is -0.117. The summed E-state index contributed by atoms with van der Waals surface area (Å²) >= 11 is 0. The summed E-state index contributed by atoms with van der Waals surface area (Å²) in [6.07, 6.45) is 0. The highest BCUT2D eigenvalue weighted by Gasteiger charge is 2.31. The highest BCUT2D eigenvalue weighted by molar-refractivity contribution is 7.85. The molecule has 0 bridgehead atoms. The summed E-state index contributed by atoms with van der Waals surface area (Å²) in [6, 6.07) is 24.2. The second-order valence-electron chi connectivity index (χ2n) is 5.78. The van der Waals surface area contributed by atoms with Crippen molar-refractivity contribution in [3.05, 3.63) is 78.9 Å². The Morgan fingerprint density at radius 3 is 1.96 bits per heavy atom. The van der Waals surface area contributed by atoms with Crippen molar-refractivity contribution in [2.45, 2.75) is 9.79 Å². The first-order valence-electron chi connectivity index (χ1n) is 8.22. The number of para-hydroxylation sites is 3. The van der Waals surface area contributed by atoms with Crippen LogP contribution < -0.4 is 15.8 Å². The van der Waals surface area contributed by atoms with Crippen LogP contribution in [-0.2, 0) is 15.6 Å². The molecule has 0 aromatic heterocycles. The van der Waals surface area contributed by atoms with Gasteiger partial charge in [0.25, 0.3) is 0 Å². The standard InChI is InChI=1S/C20H17N3O2S/c24-20(14-21-22-15-8-2-1-3-9-15)23-16-10-4-6-12-18(16)26(25)19-13-7-5-11-17(19)23/h1-13,21-22H,14H2. The van der Waals surface area contributed by atoms with Crippen molar-refractivity contribution in [3.63, 3.8) is 0 Å². The number of hydrogen-bond donors (Lipinski definition) is 2. The van der Waals surface area contributed by atoms with Crippen LogP contribution in [0.4, 0.5) is 17.1 Å². The molecule has 3 aromatic carbocycles. The molecule has 0 fully saturated rings. The number of fused-ring (bicyclic) bond motifs is 2. The second-order valence-corrected chi connectivity index (χ2v) is 7.20. The molecule has 1 amide bonds. The van der Waals surface area contributed by atoms with Crippen LogP contribution in [0.3, 0.4) is 0 Å². The fourth-order valence-corrected chi connectivity index (χ4v) is 4.28. The zero-order chi connectivity index (χ0) is 17.9. The lowest BCUT2D eigenvalue weighted by Gasteiger charge is -2.31. The molecule has 3 aromatic rings. The number of rotatable bonds is 4. The Balaban J connectivity index is 1.60. The molecule has 5 nitrogen and oxygen atoms in total. The first kappa shape index (κ1) is 16.5. The minimum atomic E-state index is -1.29. The van der Waals surface area contributed by atoms with Gasteiger partial charge < -0.3 is 5.43 Å². The topological polar surface area (TPSA) is 61.4 Å². The smallest absolute Gasteiger partial charge is 0.247 e. The molecule has 1 aliphatic rings. The molecule has 1 aliphatic heterocycles. The van der Waals surface area contributed by atoms with E-state index in [-0.39, 0.29) is 12.5 Å². The molecular formula is C20H17N3O2S. The van der Waals surface area contributed by atoms with Crippen molar-refractivity contribution in [2.24, 2.45) is 0 Å². The molecule has 0 radical (unpaired) electrons. The first-order chi connectivity index (χ1) is 12.8. The van der Waals surface area contributed by atoms with E-state index >= 15 is 0 Å². The van der Waals surface area contributed by atoms with Crippen molar-refractivity contribution >= 4 is 33.8 Å². The van der Waals surface area contributed by atoms with Crippen LogP contribution in [-0.4, -0.2) is 16.7 Å². The summed E-state index contributed by atoms with van der Waals surface area (Å²) < 4.78 is 12.8. The van der Waals surface area contributed by atoms with E-state index in [0.717, 1.165) is 5.69 Å². The number of anilines is 3. The molecular weight excluding hydrogens is 346 g/mol. The number of amides is 1. The molecule has 0 spiro atoms. The number of nitrogens with zero attached hydrogens (tertiary/aromatic N) is 1. The van der Waals surface area contributed by atoms with Crippen LogP contribution in [0.1, 0.15) is 0 Å². The molecule has 6 heteroatoms. The fraction of sp³-hybridized carbons (Fsp3) is 0.0500. The number of hydrogen-bond acceptors (Lipinski definition) is 4. The molecule has 1 heterocycles. The Bertz CT molecular complexity index is 926. The normalized spacial score (nSPS) is 13.0. The van der Waals surface area contributed by atoms with Crippen molar-refractivity contribution in [2.75, 3.05) is 16.9 Å². The van der Waals surface area contributed by atoms with Gasteiger partial charge in [-0.05, 0) is 36.4 Å². The van der Waals surface area contributed by atoms with Crippen LogP contribution >= 0.6 is 0 Å². The highest BCUT2D eigenvalue weighted by atomic mass is 32.2. The molecule has 130 valence electrons. The average Bonchev–Trinajstić information content (AvgIpc) is 2.69. The van der Waals surface area contributed by atoms with Gasteiger partial charge in [-0.25, -0.2) is 9.63 Å². The van der Waals surface area contributed by atoms with E-state index in [9.17, 15) is 9.00 Å². The Kier molecular flexibility index (Phi) is 4.51. The van der Waals surface area contributed by atoms with Crippen molar-refractivity contribution in [3.8, 4) is 0 Å². The van der Waals surface area contributed by atoms with Gasteiger partial charge in [-0.2, -0.15) is 0 Å². The summed E-state index contributed by atoms with van der Waals surface area (Å²) in [5, 5.41) is 0. The van der Waals surface area contributed by atoms with Gasteiger partial charge >= 0.3 is 0 Å². The minimum Gasteiger partial charge on any atom is -0.321 e. The van der Waals surface area contributed by atoms with Gasteiger partial charge in [0.1, 0.15) is 0 Å². The van der Waals surface area contributed by atoms with E-state index in [1.165, 1.54) is 0 Å². The summed E-state index contributed by atoms with van der Waals surface area (Å²) in [6.45, 7) is 0.0875. The van der Waals surface area contributed by atoms with E-state index < -0.39 is 10.8 Å². The summed E-state index contributed by atoms with van der Waals surface area (Å²) in [7, 11) is -1.29. The second kappa shape index (κ2) is 7.11. The van der Waals surface area contributed by atoms with E-state index in [2.05, 4.69) is 10.9 Å². The number of benzene rings is 3. The maximum absolute atomic E-state index is 12.9. The Labute approximate surface area is 154 Å². The first-order valence-corrected chi connectivity index (χ1v) is 9.37. The maximum atomic E-state index is 12.9. The quantitative estimate of drug-likeness (QED) is 0.697. The maximum Gasteiger partial charge on any atom is 0.247 e. The van der Waals surface area contributed by atoms with Crippen molar-refractivity contribution in [1.29, 1.82) is 0 Å². The van der Waals surface area contributed by atoms with Gasteiger partial charge in [0.15, 0.2) is 0 Å². The molecule has 0 unspecified atom stereocenters. The number of nitrogens with one attached hydrogen (secondary N) is 2. The van der Waals surface area contributed by atoms with Crippen LogP contribution in [0.15, 0.2) is 88.7 Å². The molecule has 2 N–H and O–H groups in total. The number of carbonyl (C=O) groups excluding carboxylic acids is 1. The average molecular weight is 363 g/mol. The monoisotopic (exact) mass is 363 g/mol. The molecule has 0 atom stereocenters. The summed E-state index contributed by atoms with van der Waals surface area (Å²) in [4.78, 5) is 15.9. The van der Waals surface area contributed by atoms with E-state index in [1.54, 1.807) is 17.0 Å². The van der Waals surface area contributed by atoms with Gasteiger partial charge in [-0.15, -0.1) is 0 Å². The molecule has 0 aliphatic carbocycles. The van der Waals surface area contributed by atoms with E-state index in [1.807, 2.05) is 66.7 Å². The summed E-state index contributed by atoms with van der Waals surface area (Å²) in [5.41, 5.74) is 8.17. The molecule has 4 rings (SSSR count). The molecule has 0 saturated carbocycles. The Morgan fingerprint density at radius 2 is 1.35 bits per heavy atom. The van der Waals surface area contributed by atoms with Gasteiger partial charge in [0.2, 0.25) is 5.91 Å². The van der Waals surface area contributed by atoms with Gasteiger partial charge in [-0.3, -0.25) is 9.69 Å². The van der Waals surface area contributed by atoms with E-state index in [0.29, 0.717) is 21.2 Å². The molecule has 26 heavy (non-hydrogen) atoms. The zero-order valence-electron chi connectivity index (χ0n) is 13.9. The van der Waals surface area contributed by atoms with Crippen LogP contribution in [0.5, 0.6) is 0 Å². The third-order valence-corrected chi connectivity index (χ3v) is 5.60. The van der Waals surface area contributed by atoms with Crippen molar-refractivity contribution < 1.29 is 9.00 Å². The Hall–Kier alpha value is -2.96. The SMILES string of the molecule is O=C(CNNc1ccccc1)N1c2ccccc2S(=O)c2ccccc21. The largest absolute Gasteiger partial charge is 0.321 e. The third kappa shape index (κ3) is 3.00. The van der Waals surface area contributed by atoms with Crippen LogP contribution in [0.25, 0.3) is 0 Å². The van der Waals surface area contributed by atoms with Gasteiger partial charge in [0.05, 0.1) is 38.5 Å². The van der Waals surface area contributed by atoms with Crippen LogP contribution in [0, 0.1) is 0 Å². The Morgan fingerprint density at radius 1 is 0.808 bits per heavy atom. The van der Waals surface area contributed by atoms with Gasteiger partial charge in [0, 0.05) is 5.69 Å². The zero-order valence-corrected chi connectivity index (χ0v) is 14.7. The van der Waals surface area contributed by atoms with E-state index in [4.69, 9.17) is 0 Å². The van der Waals surface area contributed by atoms with Gasteiger partial charge in [-0.1, -0.05) is 42.5 Å². The third-order valence-electron chi connectivity index (χ3n) is 4.11. The lowest BCUT2D eigenvalue weighted by Crippen LogP contribution is -2.39. The summed E-state index contributed by atoms with van der Waals surface area (Å²) in [5.74, 6) is -0.134. The van der Waals surface area contributed by atoms with Crippen molar-refractivity contribution in [1.82, 2.24) is 5.43 Å². The molecule has 0 saturated heterocycles. The minimum absolute atomic E-state index is 0.0875. The fourth-order valence-electron chi connectivity index (χ4n) is 2.94. The highest BCUT2D eigenvalue weighted by Crippen LogP contribution is 2.41. The number of hydrazine groups is 1. The lowest BCUT2D eigenvalue weighted by atomic mass is 10.2. The predicted octanol–water partition coefficient (Wildman–Crippen LogP) is 3.45.